The van der Waals surface area contributed by atoms with E-state index >= 15 is 0 Å². The molecule has 0 radical (unpaired) electrons. The fourth-order valence-electron chi connectivity index (χ4n) is 2.42. The first-order chi connectivity index (χ1) is 13.2. The minimum atomic E-state index is -0.662. The van der Waals surface area contributed by atoms with Crippen LogP contribution in [0.4, 0.5) is 10.5 Å². The van der Waals surface area contributed by atoms with Gasteiger partial charge in [0.15, 0.2) is 0 Å². The number of hydrogen-bond donors (Lipinski definition) is 0. The molecule has 0 atom stereocenters. The average Bonchev–Trinajstić information content (AvgIpc) is 2.87. The Balaban J connectivity index is 1.94. The number of halogens is 4. The van der Waals surface area contributed by atoms with Gasteiger partial charge in [-0.15, -0.1) is 0 Å². The fraction of sp³-hybridized carbons (Fsp3) is 0.0588. The third kappa shape index (κ3) is 4.14. The molecule has 0 saturated carbocycles. The van der Waals surface area contributed by atoms with Crippen LogP contribution >= 0.6 is 58.2 Å². The molecule has 1 fully saturated rings. The lowest BCUT2D eigenvalue weighted by molar-refractivity contribution is -0.384. The molecule has 2 aromatic rings. The van der Waals surface area contributed by atoms with Crippen molar-refractivity contribution in [3.05, 3.63) is 76.6 Å². The van der Waals surface area contributed by atoms with Gasteiger partial charge in [-0.2, -0.15) is 0 Å². The Morgan fingerprint density at radius 1 is 1.07 bits per heavy atom. The lowest BCUT2D eigenvalue weighted by Gasteiger charge is -2.13. The van der Waals surface area contributed by atoms with Crippen molar-refractivity contribution in [2.75, 3.05) is 0 Å². The van der Waals surface area contributed by atoms with Crippen molar-refractivity contribution in [2.45, 2.75) is 6.54 Å². The first-order valence-corrected chi connectivity index (χ1v) is 9.83. The second kappa shape index (κ2) is 8.31. The number of nitro groups is 1. The van der Waals surface area contributed by atoms with Crippen molar-refractivity contribution >= 4 is 81.1 Å². The van der Waals surface area contributed by atoms with Crippen molar-refractivity contribution in [1.82, 2.24) is 4.90 Å². The molecule has 0 spiro atoms. The van der Waals surface area contributed by atoms with Gasteiger partial charge in [-0.05, 0) is 41.6 Å². The van der Waals surface area contributed by atoms with Gasteiger partial charge in [-0.25, -0.2) is 0 Å². The lowest BCUT2D eigenvalue weighted by Crippen LogP contribution is -2.27. The highest BCUT2D eigenvalue weighted by atomic mass is 35.5. The molecule has 11 heteroatoms. The fourth-order valence-corrected chi connectivity index (χ4v) is 4.26. The number of thioether (sulfide) groups is 1. The van der Waals surface area contributed by atoms with Crippen LogP contribution in [0.5, 0.6) is 0 Å². The predicted molar refractivity (Wildman–Crippen MR) is 111 cm³/mol. The minimum absolute atomic E-state index is 0.0411. The molecule has 1 aliphatic heterocycles. The third-order valence-electron chi connectivity index (χ3n) is 3.80. The van der Waals surface area contributed by atoms with Gasteiger partial charge in [-0.1, -0.05) is 52.5 Å². The molecule has 2 amide bonds. The van der Waals surface area contributed by atoms with E-state index in [9.17, 15) is 19.7 Å². The van der Waals surface area contributed by atoms with Gasteiger partial charge in [-0.3, -0.25) is 24.6 Å². The number of imide groups is 1. The first-order valence-electron chi connectivity index (χ1n) is 7.50. The summed E-state index contributed by atoms with van der Waals surface area (Å²) in [6.07, 6.45) is 1.27. The van der Waals surface area contributed by atoms with Crippen LogP contribution in [0.1, 0.15) is 11.1 Å². The standard InChI is InChI=1S/C17H8Cl4N2O4S/c18-9-2-1-8(12(20)5-9)7-22-16(24)14(28-17(22)25)6-10-11(19)3-4-13(15(10)21)23(26)27/h1-6H,7H2/b14-6-. The van der Waals surface area contributed by atoms with Crippen LogP contribution in [0.15, 0.2) is 35.2 Å². The largest absolute Gasteiger partial charge is 0.293 e. The topological polar surface area (TPSA) is 80.5 Å². The molecule has 2 aromatic carbocycles. The molecule has 0 aliphatic carbocycles. The lowest BCUT2D eigenvalue weighted by atomic mass is 10.1. The molecular weight excluding hydrogens is 470 g/mol. The molecule has 1 saturated heterocycles. The summed E-state index contributed by atoms with van der Waals surface area (Å²) in [6, 6.07) is 7.19. The Labute approximate surface area is 183 Å². The number of rotatable bonds is 4. The van der Waals surface area contributed by atoms with Gasteiger partial charge in [0.2, 0.25) is 0 Å². The number of nitrogens with zero attached hydrogens (tertiary/aromatic N) is 2. The molecule has 6 nitrogen and oxygen atoms in total. The third-order valence-corrected chi connectivity index (χ3v) is 6.02. The highest BCUT2D eigenvalue weighted by Crippen LogP contribution is 2.39. The quantitative estimate of drug-likeness (QED) is 0.287. The van der Waals surface area contributed by atoms with E-state index in [4.69, 9.17) is 46.4 Å². The van der Waals surface area contributed by atoms with Crippen LogP contribution < -0.4 is 0 Å². The molecule has 0 aromatic heterocycles. The van der Waals surface area contributed by atoms with E-state index in [2.05, 4.69) is 0 Å². The zero-order valence-corrected chi connectivity index (χ0v) is 17.5. The summed E-state index contributed by atoms with van der Waals surface area (Å²) in [7, 11) is 0. The van der Waals surface area contributed by atoms with Crippen molar-refractivity contribution in [3.8, 4) is 0 Å². The van der Waals surface area contributed by atoms with Crippen LogP contribution in [0.25, 0.3) is 6.08 Å². The van der Waals surface area contributed by atoms with Crippen LogP contribution in [0.2, 0.25) is 20.1 Å². The number of hydrogen-bond acceptors (Lipinski definition) is 5. The summed E-state index contributed by atoms with van der Waals surface area (Å²) in [6.45, 7) is -0.0472. The normalized spacial score (nSPS) is 15.6. The smallest absolute Gasteiger partial charge is 0.268 e. The molecular formula is C17H8Cl4N2O4S. The van der Waals surface area contributed by atoms with Crippen LogP contribution in [-0.2, 0) is 11.3 Å². The van der Waals surface area contributed by atoms with Gasteiger partial charge in [0, 0.05) is 26.7 Å². The van der Waals surface area contributed by atoms with E-state index in [1.54, 1.807) is 12.1 Å². The van der Waals surface area contributed by atoms with E-state index in [0.29, 0.717) is 27.4 Å². The second-order valence-corrected chi connectivity index (χ2v) is 8.18. The number of carbonyl (C=O) groups is 2. The van der Waals surface area contributed by atoms with E-state index in [0.717, 1.165) is 11.0 Å². The van der Waals surface area contributed by atoms with E-state index in [1.807, 2.05) is 0 Å². The maximum Gasteiger partial charge on any atom is 0.293 e. The van der Waals surface area contributed by atoms with Crippen molar-refractivity contribution < 1.29 is 14.5 Å². The SMILES string of the molecule is O=C1S/C(=C\c2c(Cl)ccc([N+](=O)[O-])c2Cl)C(=O)N1Cc1ccc(Cl)cc1Cl. The molecule has 0 bridgehead atoms. The van der Waals surface area contributed by atoms with Gasteiger partial charge >= 0.3 is 0 Å². The van der Waals surface area contributed by atoms with Crippen LogP contribution in [-0.4, -0.2) is 21.0 Å². The number of benzene rings is 2. The van der Waals surface area contributed by atoms with Crippen LogP contribution in [0.3, 0.4) is 0 Å². The number of carbonyl (C=O) groups excluding carboxylic acids is 2. The summed E-state index contributed by atoms with van der Waals surface area (Å²) in [4.78, 5) is 36.4. The Bertz CT molecular complexity index is 1060. The van der Waals surface area contributed by atoms with Crippen LogP contribution in [0, 0.1) is 10.1 Å². The van der Waals surface area contributed by atoms with Gasteiger partial charge < -0.3 is 0 Å². The van der Waals surface area contributed by atoms with E-state index in [-0.39, 0.29) is 32.7 Å². The molecule has 0 unspecified atom stereocenters. The average molecular weight is 478 g/mol. The summed E-state index contributed by atoms with van der Waals surface area (Å²) < 4.78 is 0. The second-order valence-electron chi connectivity index (χ2n) is 5.55. The minimum Gasteiger partial charge on any atom is -0.268 e. The Hall–Kier alpha value is -1.77. The predicted octanol–water partition coefficient (Wildman–Crippen LogP) is 6.44. The molecule has 0 N–H and O–H groups in total. The van der Waals surface area contributed by atoms with Crippen molar-refractivity contribution in [1.29, 1.82) is 0 Å². The zero-order valence-electron chi connectivity index (χ0n) is 13.6. The zero-order chi connectivity index (χ0) is 20.6. The summed E-state index contributed by atoms with van der Waals surface area (Å²) in [5.41, 5.74) is 0.276. The maximum absolute atomic E-state index is 12.7. The monoisotopic (exact) mass is 476 g/mol. The Kier molecular flexibility index (Phi) is 6.21. The summed E-state index contributed by atoms with van der Waals surface area (Å²) >= 11 is 24.8. The number of amides is 2. The highest BCUT2D eigenvalue weighted by molar-refractivity contribution is 8.18. The Morgan fingerprint density at radius 3 is 2.43 bits per heavy atom. The molecule has 144 valence electrons. The van der Waals surface area contributed by atoms with Crippen molar-refractivity contribution in [2.24, 2.45) is 0 Å². The Morgan fingerprint density at radius 2 is 1.79 bits per heavy atom. The van der Waals surface area contributed by atoms with Crippen molar-refractivity contribution in [3.63, 3.8) is 0 Å². The summed E-state index contributed by atoms with van der Waals surface area (Å²) in [5, 5.41) is 11.2. The van der Waals surface area contributed by atoms with E-state index < -0.39 is 16.1 Å². The maximum atomic E-state index is 12.7. The first kappa shape index (κ1) is 21.0. The van der Waals surface area contributed by atoms with Gasteiger partial charge in [0.05, 0.1) is 16.4 Å². The molecule has 3 rings (SSSR count). The summed E-state index contributed by atoms with van der Waals surface area (Å²) in [5.74, 6) is -0.584. The van der Waals surface area contributed by atoms with Gasteiger partial charge in [0.25, 0.3) is 16.8 Å². The molecule has 1 heterocycles. The highest BCUT2D eigenvalue weighted by Gasteiger charge is 2.36. The van der Waals surface area contributed by atoms with E-state index in [1.165, 1.54) is 18.2 Å². The molecule has 1 aliphatic rings. The number of nitro benzene ring substituents is 1. The molecule has 28 heavy (non-hydrogen) atoms. The van der Waals surface area contributed by atoms with Gasteiger partial charge in [0.1, 0.15) is 5.02 Å².